The summed E-state index contributed by atoms with van der Waals surface area (Å²) < 4.78 is 0. The van der Waals surface area contributed by atoms with E-state index < -0.39 is 0 Å². The number of halogens is 3. The molecule has 2 nitrogen and oxygen atoms in total. The molecule has 0 radical (unpaired) electrons. The van der Waals surface area contributed by atoms with Gasteiger partial charge in [-0.15, -0.1) is 13.2 Å². The quantitative estimate of drug-likeness (QED) is 0.475. The van der Waals surface area contributed by atoms with Crippen LogP contribution in [0.3, 0.4) is 0 Å². The van der Waals surface area contributed by atoms with Crippen molar-refractivity contribution in [1.82, 2.24) is 0 Å². The van der Waals surface area contributed by atoms with Crippen LogP contribution in [0.25, 0.3) is 0 Å². The molecular formula is C6H14Cl3MoO2-5. The van der Waals surface area contributed by atoms with E-state index in [1.807, 2.05) is 13.8 Å². The number of hydrogen-bond acceptors (Lipinski definition) is 2. The Morgan fingerprint density at radius 2 is 0.833 bits per heavy atom. The maximum Gasteiger partial charge on any atom is 0 e. The van der Waals surface area contributed by atoms with E-state index in [2.05, 4.69) is 0 Å². The molecule has 0 saturated carbocycles. The van der Waals surface area contributed by atoms with Gasteiger partial charge in [-0.3, -0.25) is 0 Å². The molecule has 0 unspecified atom stereocenters. The van der Waals surface area contributed by atoms with Crippen molar-refractivity contribution in [1.29, 1.82) is 0 Å². The summed E-state index contributed by atoms with van der Waals surface area (Å²) in [4.78, 5) is 0. The minimum atomic E-state index is 0. The molecule has 6 heteroatoms. The van der Waals surface area contributed by atoms with Gasteiger partial charge in [-0.05, 0) is 0 Å². The second-order valence-corrected chi connectivity index (χ2v) is 1.41. The van der Waals surface area contributed by atoms with Crippen molar-refractivity contribution in [2.45, 2.75) is 26.7 Å². The van der Waals surface area contributed by atoms with Gasteiger partial charge in [0.2, 0.25) is 0 Å². The summed E-state index contributed by atoms with van der Waals surface area (Å²) in [5.74, 6) is 0. The Morgan fingerprint density at radius 1 is 0.750 bits per heavy atom. The van der Waals surface area contributed by atoms with Crippen LogP contribution in [0.15, 0.2) is 0 Å². The van der Waals surface area contributed by atoms with Crippen LogP contribution in [0.1, 0.15) is 26.7 Å². The Bertz CT molecular complexity index is 28.8. The summed E-state index contributed by atoms with van der Waals surface area (Å²) in [5, 5.41) is 18.6. The van der Waals surface area contributed by atoms with Crippen molar-refractivity contribution in [3.8, 4) is 0 Å². The van der Waals surface area contributed by atoms with Crippen LogP contribution < -0.4 is 47.4 Å². The minimum Gasteiger partial charge on any atom is -1.00 e. The maximum atomic E-state index is 9.30. The first kappa shape index (κ1) is 37.5. The van der Waals surface area contributed by atoms with Gasteiger partial charge >= 0.3 is 0 Å². The first-order valence-electron chi connectivity index (χ1n) is 2.99. The van der Waals surface area contributed by atoms with Crippen molar-refractivity contribution < 1.29 is 68.5 Å². The van der Waals surface area contributed by atoms with E-state index in [1.165, 1.54) is 0 Å². The van der Waals surface area contributed by atoms with E-state index >= 15 is 0 Å². The van der Waals surface area contributed by atoms with Crippen LogP contribution >= 0.6 is 0 Å². The summed E-state index contributed by atoms with van der Waals surface area (Å²) in [5.41, 5.74) is 0. The monoisotopic (exact) mass is 321 g/mol. The van der Waals surface area contributed by atoms with Crippen LogP contribution in [0, 0.1) is 0 Å². The van der Waals surface area contributed by atoms with Gasteiger partial charge in [0.15, 0.2) is 0 Å². The molecule has 0 aromatic rings. The SMILES string of the molecule is CCC[O-].CCC[O-].[Cl-].[Cl-].[Cl-].[Mo]. The van der Waals surface area contributed by atoms with Crippen molar-refractivity contribution in [2.75, 3.05) is 13.2 Å². The van der Waals surface area contributed by atoms with Crippen LogP contribution in [-0.4, -0.2) is 13.2 Å². The largest absolute Gasteiger partial charge is 1.00 e. The van der Waals surface area contributed by atoms with Crippen LogP contribution in [0.4, 0.5) is 0 Å². The summed E-state index contributed by atoms with van der Waals surface area (Å²) in [6, 6.07) is 0. The van der Waals surface area contributed by atoms with Gasteiger partial charge in [0.1, 0.15) is 0 Å². The molecule has 0 bridgehead atoms. The standard InChI is InChI=1S/2C3H7O.3ClH.Mo/c2*1-2-3-4;;;;/h2*2-3H2,1H3;3*1H;/q2*-1;;;;/p-3. The molecule has 0 amide bonds. The molecule has 0 spiro atoms. The van der Waals surface area contributed by atoms with Gasteiger partial charge < -0.3 is 47.4 Å². The Hall–Kier alpha value is 1.48. The molecule has 0 aliphatic heterocycles. The van der Waals surface area contributed by atoms with E-state index in [-0.39, 0.29) is 71.5 Å². The Morgan fingerprint density at radius 3 is 0.833 bits per heavy atom. The third kappa shape index (κ3) is 104. The molecular weight excluding hydrogens is 306 g/mol. The van der Waals surface area contributed by atoms with E-state index in [0.717, 1.165) is 12.8 Å². The molecule has 0 aromatic heterocycles. The summed E-state index contributed by atoms with van der Waals surface area (Å²) in [7, 11) is 0. The fourth-order valence-electron chi connectivity index (χ4n) is 0. The molecule has 0 aliphatic rings. The molecule has 0 saturated heterocycles. The summed E-state index contributed by atoms with van der Waals surface area (Å²) in [6.07, 6.45) is 1.53. The van der Waals surface area contributed by atoms with Crippen molar-refractivity contribution in [3.05, 3.63) is 0 Å². The van der Waals surface area contributed by atoms with Gasteiger partial charge in [0.05, 0.1) is 0 Å². The second-order valence-electron chi connectivity index (χ2n) is 1.41. The average molecular weight is 320 g/mol. The molecule has 0 rings (SSSR count). The molecule has 82 valence electrons. The normalized spacial score (nSPS) is 5.00. The zero-order valence-corrected chi connectivity index (χ0v) is 11.5. The van der Waals surface area contributed by atoms with Crippen molar-refractivity contribution >= 4 is 0 Å². The first-order valence-corrected chi connectivity index (χ1v) is 2.99. The summed E-state index contributed by atoms with van der Waals surface area (Å²) in [6.45, 7) is 3.88. The topological polar surface area (TPSA) is 46.1 Å². The third-order valence-electron chi connectivity index (χ3n) is 0.408. The predicted molar refractivity (Wildman–Crippen MR) is 30.3 cm³/mol. The second kappa shape index (κ2) is 54.8. The van der Waals surface area contributed by atoms with E-state index in [9.17, 15) is 10.2 Å². The zero-order chi connectivity index (χ0) is 6.83. The fraction of sp³-hybridized carbons (Fsp3) is 1.00. The molecule has 0 fully saturated rings. The van der Waals surface area contributed by atoms with Crippen LogP contribution in [0.5, 0.6) is 0 Å². The molecule has 0 aromatic carbocycles. The Balaban J connectivity index is -0.0000000112. The molecule has 0 heterocycles. The van der Waals surface area contributed by atoms with E-state index in [1.54, 1.807) is 0 Å². The van der Waals surface area contributed by atoms with E-state index in [0.29, 0.717) is 0 Å². The van der Waals surface area contributed by atoms with Crippen LogP contribution in [0.2, 0.25) is 0 Å². The predicted octanol–water partition coefficient (Wildman–Crippen LogP) is -9.48. The van der Waals surface area contributed by atoms with Crippen molar-refractivity contribution in [3.63, 3.8) is 0 Å². The van der Waals surface area contributed by atoms with Crippen LogP contribution in [-0.2, 0) is 21.1 Å². The summed E-state index contributed by atoms with van der Waals surface area (Å²) >= 11 is 0. The van der Waals surface area contributed by atoms with Gasteiger partial charge in [-0.1, -0.05) is 26.7 Å². The van der Waals surface area contributed by atoms with Gasteiger partial charge in [-0.25, -0.2) is 0 Å². The average Bonchev–Trinajstić information content (AvgIpc) is 1.88. The molecule has 12 heavy (non-hydrogen) atoms. The third-order valence-corrected chi connectivity index (χ3v) is 0.408. The maximum absolute atomic E-state index is 9.30. The number of rotatable bonds is 2. The van der Waals surface area contributed by atoms with Gasteiger partial charge in [0, 0.05) is 21.1 Å². The minimum absolute atomic E-state index is 0. The molecule has 0 atom stereocenters. The fourth-order valence-corrected chi connectivity index (χ4v) is 0. The van der Waals surface area contributed by atoms with E-state index in [4.69, 9.17) is 0 Å². The Labute approximate surface area is 108 Å². The first-order chi connectivity index (χ1) is 3.83. The van der Waals surface area contributed by atoms with Gasteiger partial charge in [-0.2, -0.15) is 0 Å². The molecule has 0 aliphatic carbocycles. The smallest absolute Gasteiger partial charge is 0 e. The Kier molecular flexibility index (Phi) is 171. The zero-order valence-electron chi connectivity index (χ0n) is 7.19. The number of hydrogen-bond donors (Lipinski definition) is 0. The molecule has 0 N–H and O–H groups in total. The van der Waals surface area contributed by atoms with Gasteiger partial charge in [0.25, 0.3) is 0 Å². The van der Waals surface area contributed by atoms with Crippen molar-refractivity contribution in [2.24, 2.45) is 0 Å².